The molecule has 24 fully saturated rings. The molecule has 24 aliphatic carbocycles. The molecule has 0 unspecified atom stereocenters. The van der Waals surface area contributed by atoms with Crippen LogP contribution in [0.4, 0.5) is 0 Å². The molecule has 149 heavy (non-hydrogen) atoms. The van der Waals surface area contributed by atoms with Gasteiger partial charge in [-0.2, -0.15) is 0 Å². The predicted molar refractivity (Wildman–Crippen MR) is 564 cm³/mol. The first kappa shape index (κ1) is 120. The van der Waals surface area contributed by atoms with Gasteiger partial charge >= 0.3 is 71.6 Å². The fourth-order valence-corrected chi connectivity index (χ4v) is 32.3. The van der Waals surface area contributed by atoms with Gasteiger partial charge in [0, 0.05) is 0 Å². The summed E-state index contributed by atoms with van der Waals surface area (Å²) in [6.45, 7) is 47.2. The Morgan fingerprint density at radius 1 is 0.195 bits per heavy atom. The van der Waals surface area contributed by atoms with Crippen LogP contribution in [0.2, 0.25) is 0 Å². The molecular formula is C123H198O26. The summed E-state index contributed by atoms with van der Waals surface area (Å²) in [6, 6.07) is 0. The molecule has 24 bridgehead atoms. The fourth-order valence-electron chi connectivity index (χ4n) is 32.3. The molecule has 0 radical (unpaired) electrons. The number of hydrogen-bond donors (Lipinski definition) is 0. The maximum Gasteiger partial charge on any atom is 0.344 e. The third-order valence-corrected chi connectivity index (χ3v) is 43.1. The first-order valence-corrected chi connectivity index (χ1v) is 59.6. The van der Waals surface area contributed by atoms with Crippen LogP contribution in [-0.2, 0) is 124 Å². The van der Waals surface area contributed by atoms with E-state index in [1.54, 1.807) is 0 Å². The van der Waals surface area contributed by atoms with Crippen molar-refractivity contribution in [3.63, 3.8) is 0 Å². The van der Waals surface area contributed by atoms with Crippen LogP contribution in [0.15, 0.2) is 0 Å². The van der Waals surface area contributed by atoms with Gasteiger partial charge in [0.05, 0.1) is 58.5 Å². The van der Waals surface area contributed by atoms with Gasteiger partial charge in [-0.25, -0.2) is 19.2 Å². The third-order valence-electron chi connectivity index (χ3n) is 43.1. The van der Waals surface area contributed by atoms with Gasteiger partial charge in [-0.3, -0.25) is 38.4 Å². The molecule has 0 aromatic carbocycles. The average molecular weight is 2090 g/mol. The van der Waals surface area contributed by atoms with Crippen LogP contribution in [0.25, 0.3) is 0 Å². The summed E-state index contributed by atoms with van der Waals surface area (Å²) in [5.74, 6) is 13.1. The van der Waals surface area contributed by atoms with Crippen molar-refractivity contribution < 1.29 is 124 Å². The molecule has 26 heteroatoms. The van der Waals surface area contributed by atoms with Crippen molar-refractivity contribution in [1.29, 1.82) is 0 Å². The number of hydrogen-bond acceptors (Lipinski definition) is 26. The van der Waals surface area contributed by atoms with Crippen LogP contribution in [0.5, 0.6) is 0 Å². The smallest absolute Gasteiger partial charge is 0.344 e. The summed E-state index contributed by atoms with van der Waals surface area (Å²) in [5.41, 5.74) is -4.83. The predicted octanol–water partition coefficient (Wildman–Crippen LogP) is 24.3. The van der Waals surface area contributed by atoms with Gasteiger partial charge in [0.25, 0.3) is 0 Å². The standard InChI is InChI=1S/C22H36O5.C21H34O5.C21H34O4.2C20H32O4.C19H30O4/c1-5-21(3,4)20(24)26-8-7-25-14-19(23)27-22(6-2)17-10-15-9-16(12-17)13-18(22)11-15;1-5-20(2,3)19(23)25-7-6-24-13-18(22)26-21(4)16-9-14-8-15(11-16)12-17(21)10-14;1-5-20(3,4)19(23)24-8-7-18(22)25-21(6-2)16-10-14-9-15(12-16)13-17(21)11-14;1-5-19(2,3)18(22)23-7-6-17(21)24-20(4)15-9-13-8-14(11-15)12-16(20)10-13;1-5-19(3,4)18(22)23-12-17(21)24-20(6-2)15-8-13-7-14(10-15)11-16(20)9-13;1-5-18(2,3)17(21)22-11-16(20)23-19(4)14-7-12-6-13(9-14)10-15(19)8-12/h15-18H,5-14H2,1-4H3;14-17H,5-13H2,1-4H3;14-17H,5-13H2,1-4H3;2*13-16H,5-12H2,1-4H3;12-15H,5-11H2,1-4H3. The zero-order chi connectivity index (χ0) is 109. The first-order chi connectivity index (χ1) is 70.1. The third kappa shape index (κ3) is 27.5. The SMILES string of the molecule is CCC(C)(C)C(=O)OCC(=O)OC1(C)C2CC3CC(C2)CC1C3.CCC(C)(C)C(=O)OCC(=O)OC1(CC)C2CC3CC(C2)CC1C3.CCC(C)(C)C(=O)OCCC(=O)OC1(C)C2CC3CC(C2)CC1C3.CCC(C)(C)C(=O)OCCC(=O)OC1(CC)C2CC3CC(C2)CC1C3.CCC(C)(C)C(=O)OCCOCC(=O)OC1(C)C2CC3CC(C2)CC1C3.CCC(C)(C)C(=O)OCCOCC(=O)OC1(CC)C2CC3CC(C2)CC1C3. The van der Waals surface area contributed by atoms with Crippen LogP contribution in [0.1, 0.15) is 429 Å². The van der Waals surface area contributed by atoms with Gasteiger partial charge < -0.3 is 66.3 Å². The van der Waals surface area contributed by atoms with Crippen LogP contribution < -0.4 is 0 Å². The Hall–Kier alpha value is -6.44. The second kappa shape index (κ2) is 49.1. The quantitative estimate of drug-likeness (QED) is 0.0312. The summed E-state index contributed by atoms with van der Waals surface area (Å²) in [6.07, 6.45) is 44.7. The van der Waals surface area contributed by atoms with Crippen LogP contribution >= 0.6 is 0 Å². The average Bonchev–Trinajstić information content (AvgIpc) is 0.733. The van der Waals surface area contributed by atoms with Gasteiger partial charge in [0.2, 0.25) is 0 Å². The fraction of sp³-hybridized carbons (Fsp3) is 0.902. The van der Waals surface area contributed by atoms with E-state index in [0.717, 1.165) is 116 Å². The first-order valence-electron chi connectivity index (χ1n) is 59.6. The van der Waals surface area contributed by atoms with Gasteiger partial charge in [-0.1, -0.05) is 62.3 Å². The zero-order valence-electron chi connectivity index (χ0n) is 96.5. The number of rotatable bonds is 41. The van der Waals surface area contributed by atoms with Crippen molar-refractivity contribution in [2.75, 3.05) is 66.1 Å². The maximum atomic E-state index is 12.5. The lowest BCUT2D eigenvalue weighted by molar-refractivity contribution is -0.215. The van der Waals surface area contributed by atoms with Gasteiger partial charge in [-0.15, -0.1) is 0 Å². The van der Waals surface area contributed by atoms with Gasteiger partial charge in [-0.05, 0) is 496 Å². The monoisotopic (exact) mass is 2090 g/mol. The van der Waals surface area contributed by atoms with E-state index >= 15 is 0 Å². The minimum absolute atomic E-state index is 0.0667. The van der Waals surface area contributed by atoms with Gasteiger partial charge in [0.1, 0.15) is 73.2 Å². The highest BCUT2D eigenvalue weighted by Crippen LogP contribution is 2.67. The second-order valence-electron chi connectivity index (χ2n) is 54.9. The van der Waals surface area contributed by atoms with Crippen molar-refractivity contribution in [3.8, 4) is 0 Å². The van der Waals surface area contributed by atoms with Crippen LogP contribution in [0.3, 0.4) is 0 Å². The Morgan fingerprint density at radius 3 is 0.564 bits per heavy atom. The second-order valence-corrected chi connectivity index (χ2v) is 54.9. The molecule has 24 aliphatic rings. The molecule has 846 valence electrons. The number of esters is 12. The molecule has 26 nitrogen and oxygen atoms in total. The highest BCUT2D eigenvalue weighted by atomic mass is 16.6. The molecule has 0 amide bonds. The molecular weight excluding hydrogens is 1890 g/mol. The topological polar surface area (TPSA) is 334 Å². The molecule has 0 aliphatic heterocycles. The number of carbonyl (C=O) groups is 12. The summed E-state index contributed by atoms with van der Waals surface area (Å²) < 4.78 is 78.3. The molecule has 0 aromatic rings. The molecule has 0 N–H and O–H groups in total. The van der Waals surface area contributed by atoms with E-state index in [1.807, 2.05) is 125 Å². The Kier molecular flexibility index (Phi) is 39.4. The van der Waals surface area contributed by atoms with Crippen molar-refractivity contribution in [2.45, 2.75) is 463 Å². The Balaban J connectivity index is 0.000000149. The summed E-state index contributed by atoms with van der Waals surface area (Å²) in [5, 5.41) is 0. The van der Waals surface area contributed by atoms with E-state index in [4.69, 9.17) is 66.3 Å². The van der Waals surface area contributed by atoms with Crippen molar-refractivity contribution in [2.24, 2.45) is 175 Å². The molecule has 24 rings (SSSR count). The lowest BCUT2D eigenvalue weighted by Gasteiger charge is -2.60. The molecule has 0 heterocycles. The number of ether oxygens (including phenoxy) is 14. The van der Waals surface area contributed by atoms with E-state index in [-0.39, 0.29) is 184 Å². The van der Waals surface area contributed by atoms with E-state index in [0.29, 0.717) is 83.9 Å². The van der Waals surface area contributed by atoms with Crippen molar-refractivity contribution in [3.05, 3.63) is 0 Å². The molecule has 0 aromatic heterocycles. The zero-order valence-corrected chi connectivity index (χ0v) is 96.5. The van der Waals surface area contributed by atoms with Crippen LogP contribution in [-0.4, -0.2) is 171 Å². The summed E-state index contributed by atoms with van der Waals surface area (Å²) >= 11 is 0. The lowest BCUT2D eigenvalue weighted by Crippen LogP contribution is -2.59. The van der Waals surface area contributed by atoms with Gasteiger partial charge in [0.15, 0.2) is 13.2 Å². The molecule has 0 spiro atoms. The minimum atomic E-state index is -0.550. The van der Waals surface area contributed by atoms with E-state index in [9.17, 15) is 57.5 Å². The summed E-state index contributed by atoms with van der Waals surface area (Å²) in [4.78, 5) is 146. The lowest BCUT2D eigenvalue weighted by atomic mass is 9.49. The molecule has 0 saturated heterocycles. The minimum Gasteiger partial charge on any atom is -0.465 e. The van der Waals surface area contributed by atoms with E-state index < -0.39 is 32.5 Å². The molecule has 24 saturated carbocycles. The van der Waals surface area contributed by atoms with Crippen molar-refractivity contribution >= 4 is 71.6 Å². The highest BCUT2D eigenvalue weighted by Gasteiger charge is 2.65. The summed E-state index contributed by atoms with van der Waals surface area (Å²) in [7, 11) is 0. The molecule has 0 atom stereocenters. The Morgan fingerprint density at radius 2 is 0.356 bits per heavy atom. The van der Waals surface area contributed by atoms with Crippen LogP contribution in [0, 0.1) is 175 Å². The Bertz CT molecular complexity index is 4410. The Labute approximate surface area is 894 Å². The maximum absolute atomic E-state index is 12.5. The van der Waals surface area contributed by atoms with E-state index in [1.165, 1.54) is 193 Å². The van der Waals surface area contributed by atoms with Crippen molar-refractivity contribution in [1.82, 2.24) is 0 Å². The normalized spacial score (nSPS) is 36.5. The number of carbonyl (C=O) groups excluding carboxylic acids is 12. The highest BCUT2D eigenvalue weighted by molar-refractivity contribution is 5.82. The van der Waals surface area contributed by atoms with E-state index in [2.05, 4.69) is 41.5 Å². The largest absolute Gasteiger partial charge is 0.465 e.